The summed E-state index contributed by atoms with van der Waals surface area (Å²) in [7, 11) is 2.80. The van der Waals surface area contributed by atoms with Crippen molar-refractivity contribution < 1.29 is 28.5 Å². The standard InChI is InChI=1S/C15H27NO6/c1-10-8-21-9-11(7-12(17)13(19-5)20-6)16(10)14(18)22-15(2,3)4/h10-11,13H,7-9H2,1-6H3. The van der Waals surface area contributed by atoms with Gasteiger partial charge in [0.15, 0.2) is 5.78 Å². The van der Waals surface area contributed by atoms with Gasteiger partial charge in [0.05, 0.1) is 25.3 Å². The van der Waals surface area contributed by atoms with Crippen LogP contribution in [0.15, 0.2) is 0 Å². The summed E-state index contributed by atoms with van der Waals surface area (Å²) >= 11 is 0. The molecule has 7 nitrogen and oxygen atoms in total. The Labute approximate surface area is 131 Å². The Kier molecular flexibility index (Phi) is 6.77. The van der Waals surface area contributed by atoms with Gasteiger partial charge in [0.1, 0.15) is 5.60 Å². The molecule has 1 rings (SSSR count). The van der Waals surface area contributed by atoms with Crippen molar-refractivity contribution >= 4 is 11.9 Å². The van der Waals surface area contributed by atoms with E-state index in [0.29, 0.717) is 6.61 Å². The summed E-state index contributed by atoms with van der Waals surface area (Å²) in [5.41, 5.74) is -0.592. The zero-order chi connectivity index (χ0) is 16.9. The Morgan fingerprint density at radius 1 is 1.23 bits per heavy atom. The van der Waals surface area contributed by atoms with Crippen molar-refractivity contribution in [3.63, 3.8) is 0 Å². The molecule has 1 saturated heterocycles. The van der Waals surface area contributed by atoms with Crippen LogP contribution >= 0.6 is 0 Å². The van der Waals surface area contributed by atoms with E-state index in [-0.39, 0.29) is 30.9 Å². The van der Waals surface area contributed by atoms with E-state index in [1.54, 1.807) is 4.90 Å². The smallest absolute Gasteiger partial charge is 0.410 e. The number of Topliss-reactive ketones (excluding diaryl/α,β-unsaturated/α-hetero) is 1. The molecule has 0 aromatic heterocycles. The van der Waals surface area contributed by atoms with E-state index < -0.39 is 18.0 Å². The molecule has 0 aromatic carbocycles. The number of amides is 1. The Balaban J connectivity index is 2.81. The molecule has 1 fully saturated rings. The normalized spacial score (nSPS) is 22.8. The predicted octanol–water partition coefficient (Wildman–Crippen LogP) is 1.59. The summed E-state index contributed by atoms with van der Waals surface area (Å²) in [6.07, 6.45) is -1.28. The molecule has 128 valence electrons. The van der Waals surface area contributed by atoms with Crippen LogP contribution in [0.3, 0.4) is 0 Å². The largest absolute Gasteiger partial charge is 0.444 e. The van der Waals surface area contributed by atoms with Gasteiger partial charge in [-0.15, -0.1) is 0 Å². The van der Waals surface area contributed by atoms with Gasteiger partial charge in [-0.25, -0.2) is 4.79 Å². The molecule has 1 aliphatic rings. The zero-order valence-corrected chi connectivity index (χ0v) is 14.3. The molecular formula is C15H27NO6. The summed E-state index contributed by atoms with van der Waals surface area (Å²) in [6, 6.07) is -0.552. The average molecular weight is 317 g/mol. The summed E-state index contributed by atoms with van der Waals surface area (Å²) in [6.45, 7) is 7.99. The number of hydrogen-bond donors (Lipinski definition) is 0. The van der Waals surface area contributed by atoms with Gasteiger partial charge in [0.25, 0.3) is 0 Å². The van der Waals surface area contributed by atoms with E-state index in [4.69, 9.17) is 18.9 Å². The van der Waals surface area contributed by atoms with Gasteiger partial charge in [0, 0.05) is 20.6 Å². The van der Waals surface area contributed by atoms with Crippen molar-refractivity contribution in [2.24, 2.45) is 0 Å². The number of methoxy groups -OCH3 is 2. The first-order valence-corrected chi connectivity index (χ1v) is 7.37. The van der Waals surface area contributed by atoms with Gasteiger partial charge in [-0.05, 0) is 27.7 Å². The number of carbonyl (C=O) groups is 2. The van der Waals surface area contributed by atoms with Crippen molar-refractivity contribution in [3.8, 4) is 0 Å². The lowest BCUT2D eigenvalue weighted by atomic mass is 10.1. The summed E-state index contributed by atoms with van der Waals surface area (Å²) in [5, 5.41) is 0. The van der Waals surface area contributed by atoms with Crippen molar-refractivity contribution in [1.29, 1.82) is 0 Å². The summed E-state index contributed by atoms with van der Waals surface area (Å²) < 4.78 is 20.8. The topological polar surface area (TPSA) is 74.3 Å². The number of hydrogen-bond acceptors (Lipinski definition) is 6. The third-order valence-electron chi connectivity index (χ3n) is 3.27. The molecule has 2 unspecified atom stereocenters. The fourth-order valence-electron chi connectivity index (χ4n) is 2.38. The van der Waals surface area contributed by atoms with Crippen molar-refractivity contribution in [2.45, 2.75) is 58.1 Å². The number of rotatable bonds is 5. The molecule has 0 saturated carbocycles. The fourth-order valence-corrected chi connectivity index (χ4v) is 2.38. The van der Waals surface area contributed by atoms with E-state index >= 15 is 0 Å². The van der Waals surface area contributed by atoms with Gasteiger partial charge in [0.2, 0.25) is 6.29 Å². The maximum absolute atomic E-state index is 12.4. The molecule has 0 spiro atoms. The minimum absolute atomic E-state index is 0.0932. The lowest BCUT2D eigenvalue weighted by Crippen LogP contribution is -2.56. The molecule has 0 N–H and O–H groups in total. The quantitative estimate of drug-likeness (QED) is 0.717. The van der Waals surface area contributed by atoms with Crippen LogP contribution < -0.4 is 0 Å². The van der Waals surface area contributed by atoms with Crippen molar-refractivity contribution in [3.05, 3.63) is 0 Å². The Morgan fingerprint density at radius 3 is 2.32 bits per heavy atom. The van der Waals surface area contributed by atoms with E-state index in [0.717, 1.165) is 0 Å². The van der Waals surface area contributed by atoms with E-state index in [1.165, 1.54) is 14.2 Å². The molecule has 0 aliphatic carbocycles. The molecule has 22 heavy (non-hydrogen) atoms. The van der Waals surface area contributed by atoms with Crippen molar-refractivity contribution in [2.75, 3.05) is 27.4 Å². The first kappa shape index (κ1) is 18.9. The van der Waals surface area contributed by atoms with Crippen LogP contribution in [0.1, 0.15) is 34.1 Å². The second-order valence-corrected chi connectivity index (χ2v) is 6.40. The van der Waals surface area contributed by atoms with Crippen LogP contribution in [0.4, 0.5) is 4.79 Å². The first-order chi connectivity index (χ1) is 10.2. The maximum atomic E-state index is 12.4. The molecule has 1 amide bonds. The highest BCUT2D eigenvalue weighted by molar-refractivity contribution is 5.83. The van der Waals surface area contributed by atoms with Crippen LogP contribution in [-0.2, 0) is 23.7 Å². The number of carbonyl (C=O) groups excluding carboxylic acids is 2. The van der Waals surface area contributed by atoms with E-state index in [2.05, 4.69) is 0 Å². The molecule has 1 heterocycles. The fraction of sp³-hybridized carbons (Fsp3) is 0.867. The van der Waals surface area contributed by atoms with Crippen LogP contribution in [-0.4, -0.2) is 68.2 Å². The summed E-state index contributed by atoms with van der Waals surface area (Å²) in [4.78, 5) is 26.1. The van der Waals surface area contributed by atoms with E-state index in [1.807, 2.05) is 27.7 Å². The summed E-state index contributed by atoms with van der Waals surface area (Å²) in [5.74, 6) is -0.235. The van der Waals surface area contributed by atoms with Gasteiger partial charge < -0.3 is 18.9 Å². The van der Waals surface area contributed by atoms with Gasteiger partial charge in [-0.3, -0.25) is 9.69 Å². The monoisotopic (exact) mass is 317 g/mol. The maximum Gasteiger partial charge on any atom is 0.410 e. The van der Waals surface area contributed by atoms with Crippen molar-refractivity contribution in [1.82, 2.24) is 4.90 Å². The highest BCUT2D eigenvalue weighted by atomic mass is 16.7. The second-order valence-electron chi connectivity index (χ2n) is 6.40. The predicted molar refractivity (Wildman–Crippen MR) is 79.6 cm³/mol. The SMILES string of the molecule is COC(OC)C(=O)CC1COCC(C)N1C(=O)OC(C)(C)C. The van der Waals surface area contributed by atoms with Crippen LogP contribution in [0.25, 0.3) is 0 Å². The van der Waals surface area contributed by atoms with Gasteiger partial charge in [-0.2, -0.15) is 0 Å². The number of ketones is 1. The van der Waals surface area contributed by atoms with Gasteiger partial charge in [-0.1, -0.05) is 0 Å². The highest BCUT2D eigenvalue weighted by Crippen LogP contribution is 2.21. The number of morpholine rings is 1. The molecule has 0 bridgehead atoms. The molecule has 2 atom stereocenters. The lowest BCUT2D eigenvalue weighted by Gasteiger charge is -2.40. The average Bonchev–Trinajstić information content (AvgIpc) is 2.37. The minimum Gasteiger partial charge on any atom is -0.444 e. The molecule has 0 radical (unpaired) electrons. The van der Waals surface area contributed by atoms with Crippen LogP contribution in [0, 0.1) is 0 Å². The Bertz CT molecular complexity index is 388. The first-order valence-electron chi connectivity index (χ1n) is 7.37. The Morgan fingerprint density at radius 2 is 1.82 bits per heavy atom. The van der Waals surface area contributed by atoms with E-state index in [9.17, 15) is 9.59 Å². The van der Waals surface area contributed by atoms with Crippen LogP contribution in [0.2, 0.25) is 0 Å². The molecular weight excluding hydrogens is 290 g/mol. The Hall–Kier alpha value is -1.18. The number of nitrogens with zero attached hydrogens (tertiary/aromatic N) is 1. The number of ether oxygens (including phenoxy) is 4. The third kappa shape index (κ3) is 5.23. The molecule has 7 heteroatoms. The van der Waals surface area contributed by atoms with Gasteiger partial charge >= 0.3 is 6.09 Å². The van der Waals surface area contributed by atoms with Crippen LogP contribution in [0.5, 0.6) is 0 Å². The third-order valence-corrected chi connectivity index (χ3v) is 3.27. The molecule has 0 aromatic rings. The molecule has 1 aliphatic heterocycles. The highest BCUT2D eigenvalue weighted by Gasteiger charge is 2.37. The zero-order valence-electron chi connectivity index (χ0n) is 14.3. The minimum atomic E-state index is -0.933. The lowest BCUT2D eigenvalue weighted by molar-refractivity contribution is -0.159. The second kappa shape index (κ2) is 7.89.